The Bertz CT molecular complexity index is 1140. The van der Waals surface area contributed by atoms with E-state index in [1.54, 1.807) is 42.5 Å². The molecule has 1 aliphatic heterocycles. The molecule has 1 unspecified atom stereocenters. The van der Waals surface area contributed by atoms with Crippen LogP contribution in [-0.2, 0) is 14.6 Å². The van der Waals surface area contributed by atoms with Crippen molar-refractivity contribution < 1.29 is 17.6 Å². The summed E-state index contributed by atoms with van der Waals surface area (Å²) in [6.07, 6.45) is 1.92. The number of carbonyl (C=O) groups excluding carboxylic acids is 1. The van der Waals surface area contributed by atoms with E-state index in [0.717, 1.165) is 5.56 Å². The molecule has 0 bridgehead atoms. The summed E-state index contributed by atoms with van der Waals surface area (Å²) in [7, 11) is -3.79. The molecule has 2 heterocycles. The van der Waals surface area contributed by atoms with Crippen LogP contribution >= 0.6 is 11.6 Å². The van der Waals surface area contributed by atoms with E-state index in [-0.39, 0.29) is 4.90 Å². The molecule has 0 N–H and O–H groups in total. The first-order valence-corrected chi connectivity index (χ1v) is 10.9. The Hall–Kier alpha value is -2.90. The van der Waals surface area contributed by atoms with Crippen molar-refractivity contribution in [2.45, 2.75) is 17.4 Å². The van der Waals surface area contributed by atoms with Crippen molar-refractivity contribution in [3.63, 3.8) is 0 Å². The molecule has 0 spiro atoms. The number of nitrogens with zero attached hydrogens (tertiary/aromatic N) is 2. The molecule has 1 aromatic heterocycles. The van der Waals surface area contributed by atoms with Gasteiger partial charge in [-0.25, -0.2) is 13.4 Å². The van der Waals surface area contributed by atoms with Crippen molar-refractivity contribution in [3.8, 4) is 0 Å². The minimum Gasteiger partial charge on any atom is -0.467 e. The zero-order chi connectivity index (χ0) is 20.4. The van der Waals surface area contributed by atoms with Gasteiger partial charge in [-0.2, -0.15) is 5.10 Å². The van der Waals surface area contributed by atoms with Gasteiger partial charge in [-0.1, -0.05) is 41.9 Å². The highest BCUT2D eigenvalue weighted by atomic mass is 35.5. The van der Waals surface area contributed by atoms with Crippen molar-refractivity contribution in [2.75, 3.05) is 5.75 Å². The summed E-state index contributed by atoms with van der Waals surface area (Å²) in [6.45, 7) is 0. The van der Waals surface area contributed by atoms with Gasteiger partial charge in [0.15, 0.2) is 9.84 Å². The number of carbonyl (C=O) groups is 1. The molecule has 3 aromatic rings. The van der Waals surface area contributed by atoms with Gasteiger partial charge in [0.2, 0.25) is 0 Å². The number of hydrogen-bond donors (Lipinski definition) is 0. The van der Waals surface area contributed by atoms with Crippen LogP contribution in [0.4, 0.5) is 0 Å². The average molecular weight is 429 g/mol. The van der Waals surface area contributed by atoms with Crippen molar-refractivity contribution in [2.24, 2.45) is 5.10 Å². The van der Waals surface area contributed by atoms with E-state index in [4.69, 9.17) is 16.0 Å². The molecule has 8 heteroatoms. The number of sulfone groups is 1. The van der Waals surface area contributed by atoms with Crippen LogP contribution in [0.25, 0.3) is 0 Å². The Morgan fingerprint density at radius 2 is 1.79 bits per heavy atom. The fourth-order valence-corrected chi connectivity index (χ4v) is 4.52. The summed E-state index contributed by atoms with van der Waals surface area (Å²) in [4.78, 5) is 13.0. The molecule has 2 aromatic carbocycles. The van der Waals surface area contributed by atoms with Gasteiger partial charge in [-0.15, -0.1) is 0 Å². The van der Waals surface area contributed by atoms with E-state index in [1.807, 2.05) is 12.1 Å². The number of halogens is 1. The van der Waals surface area contributed by atoms with E-state index >= 15 is 0 Å². The maximum absolute atomic E-state index is 12.9. The Balaban J connectivity index is 1.64. The molecular formula is C21H17ClN2O4S. The van der Waals surface area contributed by atoms with Crippen molar-refractivity contribution in [1.29, 1.82) is 0 Å². The lowest BCUT2D eigenvalue weighted by Gasteiger charge is -2.19. The second-order valence-corrected chi connectivity index (χ2v) is 9.03. The maximum atomic E-state index is 12.9. The quantitative estimate of drug-likeness (QED) is 0.613. The van der Waals surface area contributed by atoms with Gasteiger partial charge in [-0.3, -0.25) is 4.79 Å². The second kappa shape index (κ2) is 7.85. The molecule has 29 heavy (non-hydrogen) atoms. The first-order valence-electron chi connectivity index (χ1n) is 8.91. The SMILES string of the molecule is O=C(CS(=O)(=O)c1ccccc1)N1N=C(c2ccc(Cl)cc2)CC1c1ccco1. The molecule has 1 atom stereocenters. The van der Waals surface area contributed by atoms with Crippen LogP contribution in [0, 0.1) is 0 Å². The predicted octanol–water partition coefficient (Wildman–Crippen LogP) is 4.08. The molecule has 148 valence electrons. The van der Waals surface area contributed by atoms with Crippen molar-refractivity contribution >= 4 is 33.1 Å². The molecule has 0 radical (unpaired) electrons. The normalized spacial score (nSPS) is 16.7. The predicted molar refractivity (Wildman–Crippen MR) is 109 cm³/mol. The Kier molecular flexibility index (Phi) is 5.25. The molecule has 4 rings (SSSR count). The molecule has 1 amide bonds. The second-order valence-electron chi connectivity index (χ2n) is 6.60. The largest absolute Gasteiger partial charge is 0.467 e. The molecule has 0 saturated heterocycles. The summed E-state index contributed by atoms with van der Waals surface area (Å²) in [5.41, 5.74) is 1.47. The van der Waals surface area contributed by atoms with Gasteiger partial charge in [0, 0.05) is 11.4 Å². The van der Waals surface area contributed by atoms with Crippen LogP contribution in [0.3, 0.4) is 0 Å². The van der Waals surface area contributed by atoms with Gasteiger partial charge in [0.25, 0.3) is 5.91 Å². The third-order valence-corrected chi connectivity index (χ3v) is 6.50. The number of benzene rings is 2. The standard InChI is InChI=1S/C21H17ClN2O4S/c22-16-10-8-15(9-11-16)18-13-19(20-7-4-12-28-20)24(23-18)21(25)14-29(26,27)17-5-2-1-3-6-17/h1-12,19H,13-14H2. The lowest BCUT2D eigenvalue weighted by Crippen LogP contribution is -2.32. The van der Waals surface area contributed by atoms with Gasteiger partial charge < -0.3 is 4.42 Å². The molecular weight excluding hydrogens is 412 g/mol. The average Bonchev–Trinajstić information content (AvgIpc) is 3.39. The number of furan rings is 1. The topological polar surface area (TPSA) is 80.0 Å². The van der Waals surface area contributed by atoms with E-state index in [9.17, 15) is 13.2 Å². The first-order chi connectivity index (χ1) is 13.9. The van der Waals surface area contributed by atoms with E-state index in [2.05, 4.69) is 5.10 Å². The molecule has 6 nitrogen and oxygen atoms in total. The first kappa shape index (κ1) is 19.4. The van der Waals surface area contributed by atoms with Crippen molar-refractivity contribution in [3.05, 3.63) is 89.3 Å². The van der Waals surface area contributed by atoms with Crippen LogP contribution in [-0.4, -0.2) is 30.8 Å². The van der Waals surface area contributed by atoms with Gasteiger partial charge >= 0.3 is 0 Å². The zero-order valence-electron chi connectivity index (χ0n) is 15.2. The smallest absolute Gasteiger partial charge is 0.258 e. The minimum absolute atomic E-state index is 0.101. The Morgan fingerprint density at radius 1 is 1.07 bits per heavy atom. The van der Waals surface area contributed by atoms with Crippen LogP contribution in [0.15, 0.2) is 87.4 Å². The summed E-state index contributed by atoms with van der Waals surface area (Å²) < 4.78 is 30.8. The summed E-state index contributed by atoms with van der Waals surface area (Å²) in [6, 6.07) is 18.0. The summed E-state index contributed by atoms with van der Waals surface area (Å²) in [5.74, 6) is -0.742. The number of rotatable bonds is 5. The van der Waals surface area contributed by atoms with Crippen LogP contribution < -0.4 is 0 Å². The Labute approximate surface area is 173 Å². The highest BCUT2D eigenvalue weighted by Gasteiger charge is 2.36. The lowest BCUT2D eigenvalue weighted by molar-refractivity contribution is -0.130. The van der Waals surface area contributed by atoms with E-state index in [1.165, 1.54) is 23.4 Å². The third kappa shape index (κ3) is 4.11. The fraction of sp³-hybridized carbons (Fsp3) is 0.143. The molecule has 0 saturated carbocycles. The number of hydrazone groups is 1. The summed E-state index contributed by atoms with van der Waals surface area (Å²) in [5, 5.41) is 6.24. The van der Waals surface area contributed by atoms with E-state index in [0.29, 0.717) is 22.9 Å². The fourth-order valence-electron chi connectivity index (χ4n) is 3.20. The summed E-state index contributed by atoms with van der Waals surface area (Å²) >= 11 is 5.95. The van der Waals surface area contributed by atoms with Gasteiger partial charge in [-0.05, 0) is 42.0 Å². The number of hydrogen-bond acceptors (Lipinski definition) is 5. The van der Waals surface area contributed by atoms with Crippen LogP contribution in [0.1, 0.15) is 23.8 Å². The monoisotopic (exact) mass is 428 g/mol. The zero-order valence-corrected chi connectivity index (χ0v) is 16.8. The molecule has 0 aliphatic carbocycles. The highest BCUT2D eigenvalue weighted by Crippen LogP contribution is 2.33. The number of amides is 1. The molecule has 1 aliphatic rings. The highest BCUT2D eigenvalue weighted by molar-refractivity contribution is 7.92. The lowest BCUT2D eigenvalue weighted by atomic mass is 10.0. The van der Waals surface area contributed by atoms with Crippen LogP contribution in [0.5, 0.6) is 0 Å². The maximum Gasteiger partial charge on any atom is 0.258 e. The van der Waals surface area contributed by atoms with Crippen LogP contribution in [0.2, 0.25) is 5.02 Å². The Morgan fingerprint density at radius 3 is 2.45 bits per heavy atom. The van der Waals surface area contributed by atoms with Crippen molar-refractivity contribution in [1.82, 2.24) is 5.01 Å². The van der Waals surface area contributed by atoms with Gasteiger partial charge in [0.1, 0.15) is 17.6 Å². The van der Waals surface area contributed by atoms with E-state index < -0.39 is 27.5 Å². The minimum atomic E-state index is -3.79. The molecule has 0 fully saturated rings. The van der Waals surface area contributed by atoms with Gasteiger partial charge in [0.05, 0.1) is 16.9 Å². The third-order valence-electron chi connectivity index (χ3n) is 4.63.